The molecule has 1 saturated carbocycles. The average Bonchev–Trinajstić information content (AvgIpc) is 2.92. The molecule has 0 radical (unpaired) electrons. The summed E-state index contributed by atoms with van der Waals surface area (Å²) in [4.78, 5) is 15.5. The summed E-state index contributed by atoms with van der Waals surface area (Å²) >= 11 is 8.95. The summed E-state index contributed by atoms with van der Waals surface area (Å²) in [6.07, 6.45) is 2.94. The van der Waals surface area contributed by atoms with E-state index in [1.54, 1.807) is 0 Å². The number of anilines is 1. The van der Waals surface area contributed by atoms with Gasteiger partial charge in [-0.05, 0) is 34.8 Å². The average molecular weight is 398 g/mol. The van der Waals surface area contributed by atoms with E-state index in [2.05, 4.69) is 30.4 Å². The molecule has 1 aliphatic carbocycles. The number of nitrogens with one attached hydrogen (secondary N) is 1. The van der Waals surface area contributed by atoms with Crippen LogP contribution < -0.4 is 4.72 Å². The molecule has 1 heterocycles. The van der Waals surface area contributed by atoms with Crippen molar-refractivity contribution < 1.29 is 17.9 Å². The van der Waals surface area contributed by atoms with Crippen molar-refractivity contribution in [2.24, 2.45) is 5.92 Å². The third-order valence-electron chi connectivity index (χ3n) is 3.41. The number of hydrogen-bond donors (Lipinski definition) is 1. The quantitative estimate of drug-likeness (QED) is 0.623. The molecule has 0 saturated heterocycles. The van der Waals surface area contributed by atoms with Gasteiger partial charge in [0, 0.05) is 0 Å². The fraction of sp³-hybridized carbons (Fsp3) is 0.500. The first kappa shape index (κ1) is 16.5. The van der Waals surface area contributed by atoms with Crippen LogP contribution in [0.1, 0.15) is 19.3 Å². The van der Waals surface area contributed by atoms with Gasteiger partial charge in [0.2, 0.25) is 10.0 Å². The highest BCUT2D eigenvalue weighted by atomic mass is 79.9. The molecule has 6 nitrogen and oxygen atoms in total. The van der Waals surface area contributed by atoms with Crippen molar-refractivity contribution in [3.8, 4) is 0 Å². The van der Waals surface area contributed by atoms with Crippen LogP contribution in [-0.4, -0.2) is 31.7 Å². The summed E-state index contributed by atoms with van der Waals surface area (Å²) in [6.45, 7) is 0. The van der Waals surface area contributed by atoms with Gasteiger partial charge in [-0.15, -0.1) is 0 Å². The molecule has 0 bridgehead atoms. The van der Waals surface area contributed by atoms with Gasteiger partial charge in [0.25, 0.3) is 0 Å². The smallest absolute Gasteiger partial charge is 0.310 e. The highest BCUT2D eigenvalue weighted by Gasteiger charge is 2.42. The molecule has 0 amide bonds. The first-order valence-electron chi connectivity index (χ1n) is 6.25. The van der Waals surface area contributed by atoms with E-state index in [0.717, 1.165) is 0 Å². The lowest BCUT2D eigenvalue weighted by Gasteiger charge is -2.19. The number of nitrogens with zero attached hydrogens (tertiary/aromatic N) is 1. The van der Waals surface area contributed by atoms with Crippen molar-refractivity contribution in [3.05, 3.63) is 21.9 Å². The first-order chi connectivity index (χ1) is 9.85. The molecule has 2 atom stereocenters. The number of carbonyl (C=O) groups is 1. The molecule has 9 heteroatoms. The van der Waals surface area contributed by atoms with Gasteiger partial charge in [-0.25, -0.2) is 13.4 Å². The van der Waals surface area contributed by atoms with E-state index in [1.807, 2.05) is 0 Å². The molecular weight excluding hydrogens is 384 g/mol. The number of methoxy groups -OCH3 is 1. The molecule has 0 spiro atoms. The van der Waals surface area contributed by atoms with Gasteiger partial charge >= 0.3 is 5.97 Å². The fourth-order valence-corrected chi connectivity index (χ4v) is 4.64. The van der Waals surface area contributed by atoms with E-state index in [0.29, 0.717) is 29.4 Å². The summed E-state index contributed by atoms with van der Waals surface area (Å²) in [6, 6.07) is 1.52. The Balaban J connectivity index is 2.21. The molecule has 2 rings (SSSR count). The lowest BCUT2D eigenvalue weighted by atomic mass is 10.1. The maximum absolute atomic E-state index is 12.4. The van der Waals surface area contributed by atoms with Gasteiger partial charge in [-0.1, -0.05) is 18.0 Å². The number of carbonyl (C=O) groups excluding carboxylic acids is 1. The Morgan fingerprint density at radius 1 is 1.52 bits per heavy atom. The minimum atomic E-state index is -3.70. The van der Waals surface area contributed by atoms with Gasteiger partial charge in [-0.3, -0.25) is 9.52 Å². The maximum atomic E-state index is 12.4. The number of hydrogen-bond acceptors (Lipinski definition) is 5. The summed E-state index contributed by atoms with van der Waals surface area (Å²) < 4.78 is 32.5. The van der Waals surface area contributed by atoms with Crippen molar-refractivity contribution in [1.82, 2.24) is 4.98 Å². The second-order valence-corrected chi connectivity index (χ2v) is 7.85. The summed E-state index contributed by atoms with van der Waals surface area (Å²) in [5, 5.41) is -0.550. The summed E-state index contributed by atoms with van der Waals surface area (Å²) in [5.74, 6) is -1.12. The number of halogens is 2. The highest BCUT2D eigenvalue weighted by Crippen LogP contribution is 2.33. The Bertz CT molecular complexity index is 653. The van der Waals surface area contributed by atoms with Crippen molar-refractivity contribution >= 4 is 49.2 Å². The van der Waals surface area contributed by atoms with Crippen molar-refractivity contribution in [3.63, 3.8) is 0 Å². The minimum Gasteiger partial charge on any atom is -0.469 e. The van der Waals surface area contributed by atoms with E-state index in [1.165, 1.54) is 19.4 Å². The normalized spacial score (nSPS) is 22.0. The van der Waals surface area contributed by atoms with E-state index in [-0.39, 0.29) is 5.15 Å². The second-order valence-electron chi connectivity index (χ2n) is 4.74. The molecule has 1 aromatic rings. The number of pyridine rings is 1. The van der Waals surface area contributed by atoms with Gasteiger partial charge in [0.15, 0.2) is 0 Å². The molecule has 116 valence electrons. The van der Waals surface area contributed by atoms with Gasteiger partial charge < -0.3 is 4.74 Å². The molecule has 0 aliphatic heterocycles. The van der Waals surface area contributed by atoms with Gasteiger partial charge in [-0.2, -0.15) is 0 Å². The van der Waals surface area contributed by atoms with Crippen molar-refractivity contribution in [2.45, 2.75) is 24.5 Å². The zero-order valence-corrected chi connectivity index (χ0v) is 14.3. The van der Waals surface area contributed by atoms with E-state index in [4.69, 9.17) is 11.6 Å². The van der Waals surface area contributed by atoms with Gasteiger partial charge in [0.1, 0.15) is 5.15 Å². The minimum absolute atomic E-state index is 0.242. The Morgan fingerprint density at radius 3 is 2.86 bits per heavy atom. The number of sulfonamides is 1. The number of rotatable bonds is 4. The molecule has 1 fully saturated rings. The zero-order chi connectivity index (χ0) is 15.6. The number of ether oxygens (including phenoxy) is 1. The van der Waals surface area contributed by atoms with Crippen LogP contribution in [0.25, 0.3) is 0 Å². The van der Waals surface area contributed by atoms with Crippen LogP contribution in [0.4, 0.5) is 5.69 Å². The van der Waals surface area contributed by atoms with Crippen LogP contribution in [-0.2, 0) is 19.6 Å². The van der Waals surface area contributed by atoms with Crippen LogP contribution in [0.5, 0.6) is 0 Å². The topological polar surface area (TPSA) is 85.4 Å². The van der Waals surface area contributed by atoms with Crippen LogP contribution >= 0.6 is 27.5 Å². The SMILES string of the molecule is COC(=O)C1CCCC1S(=O)(=O)Nc1cnc(Cl)c(Br)c1. The van der Waals surface area contributed by atoms with Crippen LogP contribution in [0, 0.1) is 5.92 Å². The Kier molecular flexibility index (Phi) is 5.11. The maximum Gasteiger partial charge on any atom is 0.310 e. The summed E-state index contributed by atoms with van der Waals surface area (Å²) in [5.41, 5.74) is 0.293. The molecular formula is C12H14BrClN2O4S. The van der Waals surface area contributed by atoms with Crippen LogP contribution in [0.3, 0.4) is 0 Å². The lowest BCUT2D eigenvalue weighted by Crippen LogP contribution is -2.35. The third kappa shape index (κ3) is 3.67. The Labute approximate surface area is 136 Å². The molecule has 2 unspecified atom stereocenters. The van der Waals surface area contributed by atoms with E-state index in [9.17, 15) is 13.2 Å². The first-order valence-corrected chi connectivity index (χ1v) is 8.97. The fourth-order valence-electron chi connectivity index (χ4n) is 2.44. The lowest BCUT2D eigenvalue weighted by molar-refractivity contribution is -0.145. The monoisotopic (exact) mass is 396 g/mol. The molecule has 0 aromatic carbocycles. The van der Waals surface area contributed by atoms with Crippen LogP contribution in [0.2, 0.25) is 5.15 Å². The molecule has 1 aliphatic rings. The third-order valence-corrected chi connectivity index (χ3v) is 6.43. The zero-order valence-electron chi connectivity index (χ0n) is 11.2. The largest absolute Gasteiger partial charge is 0.469 e. The van der Waals surface area contributed by atoms with Crippen molar-refractivity contribution in [2.75, 3.05) is 11.8 Å². The predicted molar refractivity (Wildman–Crippen MR) is 82.6 cm³/mol. The standard InChI is InChI=1S/C12H14BrClN2O4S/c1-20-12(17)8-3-2-4-10(8)21(18,19)16-7-5-9(13)11(14)15-6-7/h5-6,8,10,16H,2-4H2,1H3. The molecule has 1 N–H and O–H groups in total. The van der Waals surface area contributed by atoms with Crippen LogP contribution in [0.15, 0.2) is 16.7 Å². The molecule has 1 aromatic heterocycles. The van der Waals surface area contributed by atoms with E-state index < -0.39 is 27.2 Å². The Morgan fingerprint density at radius 2 is 2.24 bits per heavy atom. The predicted octanol–water partition coefficient (Wildman–Crippen LogP) is 2.58. The second kappa shape index (κ2) is 6.50. The van der Waals surface area contributed by atoms with Gasteiger partial charge in [0.05, 0.1) is 34.6 Å². The summed E-state index contributed by atoms with van der Waals surface area (Å²) in [7, 11) is -2.44. The van der Waals surface area contributed by atoms with Crippen molar-refractivity contribution in [1.29, 1.82) is 0 Å². The van der Waals surface area contributed by atoms with E-state index >= 15 is 0 Å². The number of esters is 1. The number of aromatic nitrogens is 1. The molecule has 21 heavy (non-hydrogen) atoms. The highest BCUT2D eigenvalue weighted by molar-refractivity contribution is 9.10. The Hall–Kier alpha value is -0.860.